The number of hydrogen-bond acceptors (Lipinski definition) is 4. The summed E-state index contributed by atoms with van der Waals surface area (Å²) < 4.78 is 8.95. The zero-order valence-electron chi connectivity index (χ0n) is 17.4. The van der Waals surface area contributed by atoms with Crippen LogP contribution in [-0.4, -0.2) is 44.2 Å². The van der Waals surface area contributed by atoms with Crippen molar-refractivity contribution in [2.75, 3.05) is 13.1 Å². The van der Waals surface area contributed by atoms with E-state index in [0.717, 1.165) is 51.5 Å². The zero-order chi connectivity index (χ0) is 20.8. The number of benzene rings is 1. The predicted molar refractivity (Wildman–Crippen MR) is 118 cm³/mol. The molecule has 0 aliphatic carbocycles. The van der Waals surface area contributed by atoms with Gasteiger partial charge >= 0.3 is 6.09 Å². The number of nitrogens with zero attached hydrogens (tertiary/aromatic N) is 4. The number of rotatable bonds is 3. The van der Waals surface area contributed by atoms with Crippen LogP contribution in [0.15, 0.2) is 28.9 Å². The second-order valence-electron chi connectivity index (χ2n) is 8.67. The molecule has 6 nitrogen and oxygen atoms in total. The second kappa shape index (κ2) is 7.59. The molecule has 0 bridgehead atoms. The van der Waals surface area contributed by atoms with Gasteiger partial charge in [-0.15, -0.1) is 0 Å². The molecule has 154 valence electrons. The van der Waals surface area contributed by atoms with E-state index in [1.165, 1.54) is 0 Å². The van der Waals surface area contributed by atoms with Gasteiger partial charge in [-0.3, -0.25) is 4.98 Å². The fraction of sp³-hybridized carbons (Fsp3) is 0.500. The lowest BCUT2D eigenvalue weighted by molar-refractivity contribution is 0.0289. The van der Waals surface area contributed by atoms with Gasteiger partial charge in [0, 0.05) is 29.4 Å². The van der Waals surface area contributed by atoms with Gasteiger partial charge in [0.15, 0.2) is 0 Å². The number of amides is 1. The molecule has 0 N–H and O–H groups in total. The third-order valence-electron chi connectivity index (χ3n) is 5.20. The summed E-state index contributed by atoms with van der Waals surface area (Å²) in [6.45, 7) is 9.19. The van der Waals surface area contributed by atoms with E-state index in [0.29, 0.717) is 13.1 Å². The Bertz CT molecular complexity index is 1070. The molecule has 0 spiro atoms. The Hall–Kier alpha value is -2.15. The molecular weight excluding hydrogens is 432 g/mol. The Morgan fingerprint density at radius 2 is 2.10 bits per heavy atom. The van der Waals surface area contributed by atoms with E-state index in [2.05, 4.69) is 38.5 Å². The van der Waals surface area contributed by atoms with Gasteiger partial charge in [-0.25, -0.2) is 9.78 Å². The van der Waals surface area contributed by atoms with Crippen molar-refractivity contribution in [1.29, 1.82) is 0 Å². The Balaban J connectivity index is 1.77. The average molecular weight is 459 g/mol. The highest BCUT2D eigenvalue weighted by Crippen LogP contribution is 2.33. The van der Waals surface area contributed by atoms with Crippen molar-refractivity contribution < 1.29 is 9.53 Å². The number of likely N-dealkylation sites (tertiary alicyclic amines) is 1. The minimum atomic E-state index is -0.488. The van der Waals surface area contributed by atoms with Crippen molar-refractivity contribution in [3.63, 3.8) is 0 Å². The number of carbonyl (C=O) groups is 1. The number of imidazole rings is 1. The molecule has 1 aliphatic heterocycles. The van der Waals surface area contributed by atoms with Crippen molar-refractivity contribution in [3.05, 3.63) is 34.7 Å². The molecule has 1 atom stereocenters. The van der Waals surface area contributed by atoms with Crippen LogP contribution in [0.25, 0.3) is 21.9 Å². The molecule has 7 heteroatoms. The van der Waals surface area contributed by atoms with Gasteiger partial charge in [0.2, 0.25) is 0 Å². The molecule has 0 radical (unpaired) electrons. The topological polar surface area (TPSA) is 60.2 Å². The summed E-state index contributed by atoms with van der Waals surface area (Å²) >= 11 is 3.59. The second-order valence-corrected chi connectivity index (χ2v) is 9.59. The van der Waals surface area contributed by atoms with Crippen LogP contribution in [0.3, 0.4) is 0 Å². The summed E-state index contributed by atoms with van der Waals surface area (Å²) in [6.07, 6.45) is 4.42. The number of carbonyl (C=O) groups excluding carboxylic acids is 1. The molecule has 3 heterocycles. The minimum Gasteiger partial charge on any atom is -0.444 e. The number of aromatic nitrogens is 3. The lowest BCUT2D eigenvalue weighted by atomic mass is 10.1. The van der Waals surface area contributed by atoms with Crippen LogP contribution < -0.4 is 0 Å². The molecule has 1 aromatic carbocycles. The normalized spacial score (nSPS) is 17.4. The third-order valence-corrected chi connectivity index (χ3v) is 5.70. The van der Waals surface area contributed by atoms with Gasteiger partial charge in [0.1, 0.15) is 16.9 Å². The quantitative estimate of drug-likeness (QED) is 0.520. The lowest BCUT2D eigenvalue weighted by Gasteiger charge is -2.25. The zero-order valence-corrected chi connectivity index (χ0v) is 19.0. The smallest absolute Gasteiger partial charge is 0.410 e. The van der Waals surface area contributed by atoms with Crippen LogP contribution in [0.4, 0.5) is 4.79 Å². The van der Waals surface area contributed by atoms with E-state index < -0.39 is 5.60 Å². The first-order chi connectivity index (χ1) is 13.8. The monoisotopic (exact) mass is 458 g/mol. The first-order valence-corrected chi connectivity index (χ1v) is 11.0. The molecule has 1 aliphatic rings. The maximum absolute atomic E-state index is 12.6. The van der Waals surface area contributed by atoms with E-state index in [-0.39, 0.29) is 12.1 Å². The van der Waals surface area contributed by atoms with Crippen LogP contribution in [0.5, 0.6) is 0 Å². The first kappa shape index (κ1) is 20.1. The Labute approximate surface area is 179 Å². The van der Waals surface area contributed by atoms with Crippen LogP contribution in [0.1, 0.15) is 52.4 Å². The van der Waals surface area contributed by atoms with Crippen molar-refractivity contribution in [3.8, 4) is 0 Å². The number of aryl methyl sites for hydroxylation is 1. The summed E-state index contributed by atoms with van der Waals surface area (Å²) in [7, 11) is 0. The maximum atomic E-state index is 12.6. The Kier molecular flexibility index (Phi) is 5.27. The first-order valence-electron chi connectivity index (χ1n) is 10.2. The Morgan fingerprint density at radius 3 is 2.83 bits per heavy atom. The molecule has 1 saturated heterocycles. The molecule has 3 aromatic rings. The summed E-state index contributed by atoms with van der Waals surface area (Å²) in [5.41, 5.74) is 2.48. The van der Waals surface area contributed by atoms with E-state index >= 15 is 0 Å². The van der Waals surface area contributed by atoms with E-state index in [9.17, 15) is 4.79 Å². The highest BCUT2D eigenvalue weighted by atomic mass is 79.9. The van der Waals surface area contributed by atoms with Crippen LogP contribution in [0.2, 0.25) is 0 Å². The number of hydrogen-bond donors (Lipinski definition) is 0. The van der Waals surface area contributed by atoms with Crippen molar-refractivity contribution in [1.82, 2.24) is 19.4 Å². The molecule has 1 amide bonds. The van der Waals surface area contributed by atoms with Gasteiger partial charge in [-0.1, -0.05) is 22.9 Å². The fourth-order valence-corrected chi connectivity index (χ4v) is 4.40. The maximum Gasteiger partial charge on any atom is 0.410 e. The van der Waals surface area contributed by atoms with E-state index in [1.54, 1.807) is 0 Å². The molecule has 0 unspecified atom stereocenters. The lowest BCUT2D eigenvalue weighted by Crippen LogP contribution is -2.35. The van der Waals surface area contributed by atoms with E-state index in [1.807, 2.05) is 44.0 Å². The summed E-state index contributed by atoms with van der Waals surface area (Å²) in [5, 5.41) is 1.09. The third kappa shape index (κ3) is 3.97. The highest BCUT2D eigenvalue weighted by molar-refractivity contribution is 9.10. The predicted octanol–water partition coefficient (Wildman–Crippen LogP) is 5.48. The molecule has 4 rings (SSSR count). The summed E-state index contributed by atoms with van der Waals surface area (Å²) in [5.74, 6) is 1.06. The van der Waals surface area contributed by atoms with Crippen molar-refractivity contribution >= 4 is 44.0 Å². The molecule has 1 fully saturated rings. The summed E-state index contributed by atoms with van der Waals surface area (Å²) in [4.78, 5) is 23.9. The molecule has 29 heavy (non-hydrogen) atoms. The fourth-order valence-electron chi connectivity index (χ4n) is 4.04. The van der Waals surface area contributed by atoms with Gasteiger partial charge in [0.05, 0.1) is 23.3 Å². The number of halogens is 1. The van der Waals surface area contributed by atoms with Crippen LogP contribution >= 0.6 is 15.9 Å². The van der Waals surface area contributed by atoms with Crippen molar-refractivity contribution in [2.24, 2.45) is 0 Å². The van der Waals surface area contributed by atoms with Gasteiger partial charge in [-0.2, -0.15) is 0 Å². The van der Waals surface area contributed by atoms with Gasteiger partial charge in [-0.05, 0) is 51.8 Å². The van der Waals surface area contributed by atoms with Crippen LogP contribution in [-0.2, 0) is 11.2 Å². The van der Waals surface area contributed by atoms with Gasteiger partial charge in [0.25, 0.3) is 0 Å². The minimum absolute atomic E-state index is 0.179. The standard InChI is InChI=1S/C22H27BrN4O2/c1-5-6-19-25-18-12-24-17-8-7-14(23)11-16(17)20(18)27(19)15-9-10-26(13-15)21(28)29-22(2,3)4/h7-8,11-12,15H,5-6,9-10,13H2,1-4H3/t15-/m1/s1. The number of pyridine rings is 1. The largest absolute Gasteiger partial charge is 0.444 e. The Morgan fingerprint density at radius 1 is 1.31 bits per heavy atom. The van der Waals surface area contributed by atoms with Crippen LogP contribution in [0, 0.1) is 0 Å². The van der Waals surface area contributed by atoms with Crippen molar-refractivity contribution in [2.45, 2.75) is 58.6 Å². The summed E-state index contributed by atoms with van der Waals surface area (Å²) in [6, 6.07) is 6.32. The van der Waals surface area contributed by atoms with E-state index in [4.69, 9.17) is 9.72 Å². The number of fused-ring (bicyclic) bond motifs is 3. The average Bonchev–Trinajstić information content (AvgIpc) is 3.24. The van der Waals surface area contributed by atoms with Gasteiger partial charge < -0.3 is 14.2 Å². The SMILES string of the molecule is CCCc1nc2cnc3ccc(Br)cc3c2n1[C@@H]1CCN(C(=O)OC(C)(C)C)C1. The highest BCUT2D eigenvalue weighted by Gasteiger charge is 2.32. The molecular formula is C22H27BrN4O2. The molecule has 0 saturated carbocycles. The molecule has 2 aromatic heterocycles. The number of ether oxygens (including phenoxy) is 1.